The summed E-state index contributed by atoms with van der Waals surface area (Å²) in [5.74, 6) is -0.279. The van der Waals surface area contributed by atoms with Crippen LogP contribution >= 0.6 is 15.9 Å². The lowest BCUT2D eigenvalue weighted by Gasteiger charge is -2.15. The Bertz CT molecular complexity index is 674. The Morgan fingerprint density at radius 3 is 2.90 bits per heavy atom. The van der Waals surface area contributed by atoms with E-state index in [9.17, 15) is 9.50 Å². The molecule has 2 aromatic carbocycles. The minimum absolute atomic E-state index is 0.278. The number of benzene rings is 2. The first-order valence-electron chi connectivity index (χ1n) is 7.00. The SMILES string of the molecule is CN1CCc2cc(C(O)Cc3cc(Br)ccc3F)ccc21. The Hall–Kier alpha value is -1.39. The van der Waals surface area contributed by atoms with Crippen molar-refractivity contribution in [1.29, 1.82) is 0 Å². The normalized spacial score (nSPS) is 15.1. The van der Waals surface area contributed by atoms with Gasteiger partial charge in [-0.1, -0.05) is 28.1 Å². The zero-order valence-electron chi connectivity index (χ0n) is 11.8. The van der Waals surface area contributed by atoms with Gasteiger partial charge in [0.1, 0.15) is 5.82 Å². The van der Waals surface area contributed by atoms with Gasteiger partial charge in [0.2, 0.25) is 0 Å². The van der Waals surface area contributed by atoms with Crippen molar-refractivity contribution in [3.05, 3.63) is 63.4 Å². The van der Waals surface area contributed by atoms with Gasteiger partial charge >= 0.3 is 0 Å². The van der Waals surface area contributed by atoms with E-state index in [0.29, 0.717) is 5.56 Å². The van der Waals surface area contributed by atoms with Crippen LogP contribution in [0, 0.1) is 5.82 Å². The molecule has 0 spiro atoms. The molecule has 0 bridgehead atoms. The number of rotatable bonds is 3. The van der Waals surface area contributed by atoms with E-state index in [1.807, 2.05) is 18.2 Å². The fraction of sp³-hybridized carbons (Fsp3) is 0.294. The number of likely N-dealkylation sites (N-methyl/N-ethyl adjacent to an activating group) is 1. The Labute approximate surface area is 132 Å². The van der Waals surface area contributed by atoms with Crippen LogP contribution in [0.3, 0.4) is 0 Å². The lowest BCUT2D eigenvalue weighted by atomic mass is 9.98. The third-order valence-electron chi connectivity index (χ3n) is 4.04. The van der Waals surface area contributed by atoms with Crippen molar-refractivity contribution in [1.82, 2.24) is 0 Å². The van der Waals surface area contributed by atoms with Gasteiger partial charge in [0.15, 0.2) is 0 Å². The predicted octanol–water partition coefficient (Wildman–Crippen LogP) is 3.86. The molecule has 1 heterocycles. The summed E-state index contributed by atoms with van der Waals surface area (Å²) in [5, 5.41) is 10.4. The average molecular weight is 350 g/mol. The number of anilines is 1. The molecule has 110 valence electrons. The van der Waals surface area contributed by atoms with Crippen LogP contribution in [0.2, 0.25) is 0 Å². The molecular formula is C17H17BrFNO. The summed E-state index contributed by atoms with van der Waals surface area (Å²) in [4.78, 5) is 2.21. The topological polar surface area (TPSA) is 23.5 Å². The third kappa shape index (κ3) is 2.97. The Balaban J connectivity index is 1.82. The van der Waals surface area contributed by atoms with Gasteiger partial charge in [0.05, 0.1) is 6.10 Å². The molecule has 0 saturated heterocycles. The van der Waals surface area contributed by atoms with Gasteiger partial charge in [-0.3, -0.25) is 0 Å². The highest BCUT2D eigenvalue weighted by Crippen LogP contribution is 2.30. The van der Waals surface area contributed by atoms with Crippen molar-refractivity contribution in [2.75, 3.05) is 18.5 Å². The van der Waals surface area contributed by atoms with E-state index < -0.39 is 6.10 Å². The van der Waals surface area contributed by atoms with Crippen molar-refractivity contribution in [2.24, 2.45) is 0 Å². The number of hydrogen-bond donors (Lipinski definition) is 1. The molecule has 21 heavy (non-hydrogen) atoms. The molecule has 0 aromatic heterocycles. The lowest BCUT2D eigenvalue weighted by Crippen LogP contribution is -2.12. The summed E-state index contributed by atoms with van der Waals surface area (Å²) in [5.41, 5.74) is 3.85. The predicted molar refractivity (Wildman–Crippen MR) is 86.2 cm³/mol. The summed E-state index contributed by atoms with van der Waals surface area (Å²) in [7, 11) is 2.07. The van der Waals surface area contributed by atoms with E-state index in [1.165, 1.54) is 17.3 Å². The van der Waals surface area contributed by atoms with Crippen LogP contribution in [0.1, 0.15) is 22.8 Å². The highest BCUT2D eigenvalue weighted by Gasteiger charge is 2.18. The smallest absolute Gasteiger partial charge is 0.126 e. The van der Waals surface area contributed by atoms with Crippen LogP contribution in [-0.4, -0.2) is 18.7 Å². The first kappa shape index (κ1) is 14.5. The van der Waals surface area contributed by atoms with Crippen LogP contribution in [0.15, 0.2) is 40.9 Å². The number of halogens is 2. The molecule has 0 fully saturated rings. The molecule has 0 aliphatic carbocycles. The van der Waals surface area contributed by atoms with Crippen LogP contribution in [0.4, 0.5) is 10.1 Å². The van der Waals surface area contributed by atoms with Gasteiger partial charge in [-0.05, 0) is 47.4 Å². The van der Waals surface area contributed by atoms with Gasteiger partial charge < -0.3 is 10.0 Å². The van der Waals surface area contributed by atoms with Crippen LogP contribution in [0.25, 0.3) is 0 Å². The Kier molecular flexibility index (Phi) is 4.00. The van der Waals surface area contributed by atoms with E-state index in [2.05, 4.69) is 27.9 Å². The van der Waals surface area contributed by atoms with Gasteiger partial charge in [0, 0.05) is 30.2 Å². The molecule has 2 nitrogen and oxygen atoms in total. The highest BCUT2D eigenvalue weighted by atomic mass is 79.9. The van der Waals surface area contributed by atoms with Crippen molar-refractivity contribution in [3.63, 3.8) is 0 Å². The van der Waals surface area contributed by atoms with Crippen molar-refractivity contribution in [3.8, 4) is 0 Å². The Morgan fingerprint density at radius 1 is 1.29 bits per heavy atom. The number of hydrogen-bond acceptors (Lipinski definition) is 2. The second-order valence-corrected chi connectivity index (χ2v) is 6.43. The number of nitrogens with zero attached hydrogens (tertiary/aromatic N) is 1. The van der Waals surface area contributed by atoms with E-state index in [1.54, 1.807) is 12.1 Å². The van der Waals surface area contributed by atoms with Crippen molar-refractivity contribution >= 4 is 21.6 Å². The maximum absolute atomic E-state index is 13.8. The highest BCUT2D eigenvalue weighted by molar-refractivity contribution is 9.10. The summed E-state index contributed by atoms with van der Waals surface area (Å²) in [6.45, 7) is 1.01. The maximum Gasteiger partial charge on any atom is 0.126 e. The number of aliphatic hydroxyl groups is 1. The summed E-state index contributed by atoms with van der Waals surface area (Å²) in [6, 6.07) is 10.8. The largest absolute Gasteiger partial charge is 0.388 e. The van der Waals surface area contributed by atoms with Crippen LogP contribution < -0.4 is 4.90 Å². The summed E-state index contributed by atoms with van der Waals surface area (Å²) in [6.07, 6.45) is 0.586. The third-order valence-corrected chi connectivity index (χ3v) is 4.53. The molecule has 1 atom stereocenters. The standard InChI is InChI=1S/C17H17BrFNO/c1-20-7-6-11-8-12(2-5-16(11)20)17(21)10-13-9-14(18)3-4-15(13)19/h2-5,8-9,17,21H,6-7,10H2,1H3. The number of fused-ring (bicyclic) bond motifs is 1. The van der Waals surface area contributed by atoms with Gasteiger partial charge in [-0.15, -0.1) is 0 Å². The fourth-order valence-corrected chi connectivity index (χ4v) is 3.23. The molecule has 1 aliphatic heterocycles. The average Bonchev–Trinajstić information content (AvgIpc) is 2.84. The zero-order chi connectivity index (χ0) is 15.0. The molecular weight excluding hydrogens is 333 g/mol. The second-order valence-electron chi connectivity index (χ2n) is 5.52. The molecule has 2 aromatic rings. The lowest BCUT2D eigenvalue weighted by molar-refractivity contribution is 0.177. The second kappa shape index (κ2) is 5.78. The quantitative estimate of drug-likeness (QED) is 0.909. The van der Waals surface area contributed by atoms with Gasteiger partial charge in [0.25, 0.3) is 0 Å². The molecule has 3 rings (SSSR count). The van der Waals surface area contributed by atoms with E-state index in [4.69, 9.17) is 0 Å². The molecule has 0 amide bonds. The molecule has 1 unspecified atom stereocenters. The summed E-state index contributed by atoms with van der Waals surface area (Å²) >= 11 is 3.34. The van der Waals surface area contributed by atoms with Crippen molar-refractivity contribution < 1.29 is 9.50 Å². The van der Waals surface area contributed by atoms with Gasteiger partial charge in [-0.2, -0.15) is 0 Å². The fourth-order valence-electron chi connectivity index (χ4n) is 2.82. The van der Waals surface area contributed by atoms with Crippen LogP contribution in [-0.2, 0) is 12.8 Å². The van der Waals surface area contributed by atoms with Crippen LogP contribution in [0.5, 0.6) is 0 Å². The first-order valence-corrected chi connectivity index (χ1v) is 7.80. The molecule has 4 heteroatoms. The molecule has 0 saturated carbocycles. The zero-order valence-corrected chi connectivity index (χ0v) is 13.4. The summed E-state index contributed by atoms with van der Waals surface area (Å²) < 4.78 is 14.6. The Morgan fingerprint density at radius 2 is 2.10 bits per heavy atom. The maximum atomic E-state index is 13.8. The molecule has 1 N–H and O–H groups in total. The number of aliphatic hydroxyl groups excluding tert-OH is 1. The van der Waals surface area contributed by atoms with E-state index in [-0.39, 0.29) is 12.2 Å². The minimum atomic E-state index is -0.690. The molecule has 1 aliphatic rings. The van der Waals surface area contributed by atoms with E-state index in [0.717, 1.165) is 23.0 Å². The van der Waals surface area contributed by atoms with Gasteiger partial charge in [-0.25, -0.2) is 4.39 Å². The monoisotopic (exact) mass is 349 g/mol. The molecule has 0 radical (unpaired) electrons. The minimum Gasteiger partial charge on any atom is -0.388 e. The van der Waals surface area contributed by atoms with Crippen molar-refractivity contribution in [2.45, 2.75) is 18.9 Å². The first-order chi connectivity index (χ1) is 10.0. The van der Waals surface area contributed by atoms with E-state index >= 15 is 0 Å².